The van der Waals surface area contributed by atoms with Crippen molar-refractivity contribution in [3.05, 3.63) is 24.0 Å². The van der Waals surface area contributed by atoms with Crippen molar-refractivity contribution in [1.29, 1.82) is 0 Å². The van der Waals surface area contributed by atoms with Gasteiger partial charge in [-0.05, 0) is 37.7 Å². The minimum absolute atomic E-state index is 0.0831. The molecule has 104 valence electrons. The Morgan fingerprint density at radius 1 is 1.47 bits per heavy atom. The number of rotatable bonds is 4. The Hall–Kier alpha value is -1.10. The third-order valence-electron chi connectivity index (χ3n) is 3.58. The third kappa shape index (κ3) is 3.93. The van der Waals surface area contributed by atoms with Crippen LogP contribution in [0.2, 0.25) is 0 Å². The Balaban J connectivity index is 1.87. The highest BCUT2D eigenvalue weighted by atomic mass is 79.9. The number of pyridine rings is 1. The number of hydrogen-bond donors (Lipinski definition) is 1. The maximum atomic E-state index is 12.1. The molecule has 0 radical (unpaired) electrons. The molecule has 1 fully saturated rings. The van der Waals surface area contributed by atoms with Gasteiger partial charge in [0.25, 0.3) is 5.91 Å². The number of nitrogens with one attached hydrogen (secondary N) is 1. The van der Waals surface area contributed by atoms with Crippen LogP contribution in [-0.4, -0.2) is 29.4 Å². The Labute approximate surface area is 122 Å². The zero-order chi connectivity index (χ0) is 13.7. The minimum atomic E-state index is -0.0831. The molecule has 0 atom stereocenters. The maximum Gasteiger partial charge on any atom is 0.255 e. The highest BCUT2D eigenvalue weighted by Gasteiger charge is 2.20. The molecule has 0 aromatic carbocycles. The van der Waals surface area contributed by atoms with Crippen LogP contribution in [0.15, 0.2) is 18.5 Å². The van der Waals surface area contributed by atoms with E-state index < -0.39 is 0 Å². The molecule has 2 rings (SSSR count). The fourth-order valence-electron chi connectivity index (χ4n) is 2.39. The van der Waals surface area contributed by atoms with Gasteiger partial charge in [-0.1, -0.05) is 15.9 Å². The average molecular weight is 327 g/mol. The second-order valence-electron chi connectivity index (χ2n) is 4.90. The SMILES string of the molecule is COc1cnccc1C(=O)NCC1CCC(Br)CC1. The topological polar surface area (TPSA) is 51.2 Å². The highest BCUT2D eigenvalue weighted by Crippen LogP contribution is 2.28. The molecule has 1 aromatic heterocycles. The molecule has 1 aromatic rings. The predicted octanol–water partition coefficient (Wildman–Crippen LogP) is 2.77. The second-order valence-corrected chi connectivity index (χ2v) is 6.20. The van der Waals surface area contributed by atoms with E-state index in [4.69, 9.17) is 4.74 Å². The van der Waals surface area contributed by atoms with Gasteiger partial charge in [0, 0.05) is 17.6 Å². The normalized spacial score (nSPS) is 22.8. The molecule has 1 N–H and O–H groups in total. The summed E-state index contributed by atoms with van der Waals surface area (Å²) in [6.45, 7) is 0.740. The molecule has 0 aliphatic heterocycles. The highest BCUT2D eigenvalue weighted by molar-refractivity contribution is 9.09. The van der Waals surface area contributed by atoms with Gasteiger partial charge in [0.2, 0.25) is 0 Å². The van der Waals surface area contributed by atoms with Crippen molar-refractivity contribution in [3.8, 4) is 5.75 Å². The lowest BCUT2D eigenvalue weighted by Crippen LogP contribution is -2.31. The number of carbonyl (C=O) groups excluding carboxylic acids is 1. The first-order valence-electron chi connectivity index (χ1n) is 6.61. The third-order valence-corrected chi connectivity index (χ3v) is 4.49. The van der Waals surface area contributed by atoms with Crippen molar-refractivity contribution in [1.82, 2.24) is 10.3 Å². The summed E-state index contributed by atoms with van der Waals surface area (Å²) in [5.74, 6) is 1.02. The number of ether oxygens (including phenoxy) is 1. The van der Waals surface area contributed by atoms with E-state index in [0.29, 0.717) is 22.1 Å². The van der Waals surface area contributed by atoms with E-state index in [2.05, 4.69) is 26.2 Å². The van der Waals surface area contributed by atoms with Crippen LogP contribution in [0.3, 0.4) is 0 Å². The van der Waals surface area contributed by atoms with Crippen LogP contribution in [0.4, 0.5) is 0 Å². The standard InChI is InChI=1S/C14H19BrN2O2/c1-19-13-9-16-7-6-12(13)14(18)17-8-10-2-4-11(15)5-3-10/h6-7,9-11H,2-5,8H2,1H3,(H,17,18). The molecule has 1 heterocycles. The lowest BCUT2D eigenvalue weighted by molar-refractivity contribution is 0.0940. The summed E-state index contributed by atoms with van der Waals surface area (Å²) in [7, 11) is 1.55. The van der Waals surface area contributed by atoms with Gasteiger partial charge in [0.15, 0.2) is 0 Å². The van der Waals surface area contributed by atoms with Gasteiger partial charge in [-0.2, -0.15) is 0 Å². The van der Waals surface area contributed by atoms with Crippen molar-refractivity contribution >= 4 is 21.8 Å². The predicted molar refractivity (Wildman–Crippen MR) is 77.8 cm³/mol. The fraction of sp³-hybridized carbons (Fsp3) is 0.571. The summed E-state index contributed by atoms with van der Waals surface area (Å²) in [4.78, 5) is 16.7. The Kier molecular flexibility index (Phi) is 5.19. The van der Waals surface area contributed by atoms with Crippen LogP contribution < -0.4 is 10.1 Å². The molecule has 1 aliphatic rings. The van der Waals surface area contributed by atoms with Gasteiger partial charge < -0.3 is 10.1 Å². The van der Waals surface area contributed by atoms with E-state index in [0.717, 1.165) is 6.54 Å². The van der Waals surface area contributed by atoms with Crippen LogP contribution in [0, 0.1) is 5.92 Å². The zero-order valence-electron chi connectivity index (χ0n) is 11.1. The molecular weight excluding hydrogens is 308 g/mol. The van der Waals surface area contributed by atoms with Crippen molar-refractivity contribution < 1.29 is 9.53 Å². The molecule has 4 nitrogen and oxygen atoms in total. The van der Waals surface area contributed by atoms with E-state index in [9.17, 15) is 4.79 Å². The van der Waals surface area contributed by atoms with Crippen molar-refractivity contribution in [2.75, 3.05) is 13.7 Å². The zero-order valence-corrected chi connectivity index (χ0v) is 12.6. The van der Waals surface area contributed by atoms with Crippen LogP contribution >= 0.6 is 15.9 Å². The Bertz CT molecular complexity index is 431. The van der Waals surface area contributed by atoms with E-state index in [1.54, 1.807) is 25.6 Å². The van der Waals surface area contributed by atoms with Crippen LogP contribution in [0.1, 0.15) is 36.0 Å². The van der Waals surface area contributed by atoms with Gasteiger partial charge in [-0.25, -0.2) is 0 Å². The maximum absolute atomic E-state index is 12.1. The summed E-state index contributed by atoms with van der Waals surface area (Å²) >= 11 is 3.64. The monoisotopic (exact) mass is 326 g/mol. The number of aromatic nitrogens is 1. The van der Waals surface area contributed by atoms with Gasteiger partial charge in [0.1, 0.15) is 5.75 Å². The summed E-state index contributed by atoms with van der Waals surface area (Å²) < 4.78 is 5.14. The van der Waals surface area contributed by atoms with Crippen molar-refractivity contribution in [3.63, 3.8) is 0 Å². The van der Waals surface area contributed by atoms with Crippen molar-refractivity contribution in [2.24, 2.45) is 5.92 Å². The van der Waals surface area contributed by atoms with Crippen LogP contribution in [0.5, 0.6) is 5.75 Å². The van der Waals surface area contributed by atoms with Gasteiger partial charge in [-0.15, -0.1) is 0 Å². The molecule has 0 saturated heterocycles. The smallest absolute Gasteiger partial charge is 0.255 e. The molecule has 1 saturated carbocycles. The van der Waals surface area contributed by atoms with E-state index in [-0.39, 0.29) is 5.91 Å². The summed E-state index contributed by atoms with van der Waals surface area (Å²) in [5, 5.41) is 3.00. The first-order chi connectivity index (χ1) is 9.20. The number of hydrogen-bond acceptors (Lipinski definition) is 3. The summed E-state index contributed by atoms with van der Waals surface area (Å²) in [6, 6.07) is 1.68. The Morgan fingerprint density at radius 3 is 2.89 bits per heavy atom. The van der Waals surface area contributed by atoms with Gasteiger partial charge in [0.05, 0.1) is 18.9 Å². The number of nitrogens with zero attached hydrogens (tertiary/aromatic N) is 1. The molecule has 0 bridgehead atoms. The largest absolute Gasteiger partial charge is 0.494 e. The molecular formula is C14H19BrN2O2. The van der Waals surface area contributed by atoms with Crippen LogP contribution in [0.25, 0.3) is 0 Å². The molecule has 0 spiro atoms. The van der Waals surface area contributed by atoms with E-state index in [1.165, 1.54) is 25.7 Å². The molecule has 1 aliphatic carbocycles. The summed E-state index contributed by atoms with van der Waals surface area (Å²) in [6.07, 6.45) is 7.89. The number of carbonyl (C=O) groups is 1. The minimum Gasteiger partial charge on any atom is -0.494 e. The second kappa shape index (κ2) is 6.89. The fourth-order valence-corrected chi connectivity index (χ4v) is 2.92. The molecule has 0 unspecified atom stereocenters. The Morgan fingerprint density at radius 2 is 2.21 bits per heavy atom. The summed E-state index contributed by atoms with van der Waals surface area (Å²) in [5.41, 5.74) is 0.548. The van der Waals surface area contributed by atoms with Gasteiger partial charge in [-0.3, -0.25) is 9.78 Å². The van der Waals surface area contributed by atoms with E-state index in [1.807, 2.05) is 0 Å². The van der Waals surface area contributed by atoms with Crippen molar-refractivity contribution in [2.45, 2.75) is 30.5 Å². The quantitative estimate of drug-likeness (QED) is 0.865. The lowest BCUT2D eigenvalue weighted by atomic mass is 9.89. The number of halogens is 1. The number of amides is 1. The lowest BCUT2D eigenvalue weighted by Gasteiger charge is -2.25. The molecule has 1 amide bonds. The molecule has 5 heteroatoms. The average Bonchev–Trinajstić information content (AvgIpc) is 2.46. The first kappa shape index (κ1) is 14.3. The van der Waals surface area contributed by atoms with E-state index >= 15 is 0 Å². The molecule has 19 heavy (non-hydrogen) atoms. The number of alkyl halides is 1. The first-order valence-corrected chi connectivity index (χ1v) is 7.52. The van der Waals surface area contributed by atoms with Crippen LogP contribution in [-0.2, 0) is 0 Å². The van der Waals surface area contributed by atoms with Gasteiger partial charge >= 0.3 is 0 Å². The number of methoxy groups -OCH3 is 1.